The number of ether oxygens (including phenoxy) is 1. The van der Waals surface area contributed by atoms with Crippen molar-refractivity contribution in [3.8, 4) is 0 Å². The normalized spacial score (nSPS) is 23.9. The van der Waals surface area contributed by atoms with Crippen molar-refractivity contribution < 1.29 is 23.5 Å². The van der Waals surface area contributed by atoms with Gasteiger partial charge in [0, 0.05) is 7.05 Å². The van der Waals surface area contributed by atoms with E-state index in [0.717, 1.165) is 0 Å². The molecule has 1 heterocycles. The number of nitrogens with one attached hydrogen (secondary N) is 3. The molecule has 9 heteroatoms. The second-order valence-electron chi connectivity index (χ2n) is 5.33. The average Bonchev–Trinajstić information content (AvgIpc) is 3.04. The van der Waals surface area contributed by atoms with Gasteiger partial charge >= 0.3 is 5.97 Å². The predicted octanol–water partition coefficient (Wildman–Crippen LogP) is 0.179. The third kappa shape index (κ3) is 3.66. The van der Waals surface area contributed by atoms with Gasteiger partial charge in [0.05, 0.1) is 25.4 Å². The summed E-state index contributed by atoms with van der Waals surface area (Å²) in [6, 6.07) is -0.718. The Hall–Kier alpha value is -2.45. The molecule has 3 N–H and O–H groups in total. The van der Waals surface area contributed by atoms with Gasteiger partial charge in [0.15, 0.2) is 5.69 Å². The molecule has 1 saturated carbocycles. The van der Waals surface area contributed by atoms with Crippen molar-refractivity contribution in [1.82, 2.24) is 20.6 Å². The average molecular weight is 326 g/mol. The van der Waals surface area contributed by atoms with Gasteiger partial charge in [-0.1, -0.05) is 0 Å². The molecule has 0 bridgehead atoms. The fourth-order valence-corrected chi connectivity index (χ4v) is 2.66. The zero-order valence-electron chi connectivity index (χ0n) is 12.9. The summed E-state index contributed by atoms with van der Waals surface area (Å²) < 4.78 is 18.8. The molecule has 0 spiro atoms. The number of methoxy groups -OCH3 is 1. The van der Waals surface area contributed by atoms with Crippen LogP contribution in [0.25, 0.3) is 0 Å². The molecule has 0 saturated heterocycles. The van der Waals surface area contributed by atoms with Gasteiger partial charge in [-0.05, 0) is 19.3 Å². The van der Waals surface area contributed by atoms with Gasteiger partial charge in [0.1, 0.15) is 11.9 Å². The maximum absolute atomic E-state index is 14.2. The lowest BCUT2D eigenvalue weighted by Crippen LogP contribution is -2.46. The molecule has 1 aliphatic rings. The number of hydrogen-bond acceptors (Lipinski definition) is 5. The third-order valence-electron chi connectivity index (χ3n) is 3.93. The second-order valence-corrected chi connectivity index (χ2v) is 5.33. The minimum Gasteiger partial charge on any atom is -0.469 e. The summed E-state index contributed by atoms with van der Waals surface area (Å²) in [4.78, 5) is 41.6. The Morgan fingerprint density at radius 2 is 2.09 bits per heavy atom. The lowest BCUT2D eigenvalue weighted by Gasteiger charge is -2.30. The number of alkyl halides is 1. The Bertz CT molecular complexity index is 603. The van der Waals surface area contributed by atoms with Gasteiger partial charge in [0.25, 0.3) is 11.8 Å². The van der Waals surface area contributed by atoms with Crippen LogP contribution in [0.4, 0.5) is 4.39 Å². The van der Waals surface area contributed by atoms with Crippen LogP contribution in [0.15, 0.2) is 6.33 Å². The number of aromatic nitrogens is 2. The first-order valence-corrected chi connectivity index (χ1v) is 7.26. The van der Waals surface area contributed by atoms with Gasteiger partial charge in [-0.25, -0.2) is 9.37 Å². The van der Waals surface area contributed by atoms with Gasteiger partial charge in [-0.3, -0.25) is 14.4 Å². The lowest BCUT2D eigenvalue weighted by molar-refractivity contribution is -0.147. The number of esters is 1. The highest BCUT2D eigenvalue weighted by Gasteiger charge is 2.36. The first kappa shape index (κ1) is 16.9. The number of imidazole rings is 1. The molecule has 1 aromatic heterocycles. The first-order valence-electron chi connectivity index (χ1n) is 7.26. The number of carbonyl (C=O) groups excluding carboxylic acids is 3. The number of amides is 2. The Balaban J connectivity index is 2.00. The minimum atomic E-state index is -1.36. The van der Waals surface area contributed by atoms with Gasteiger partial charge in [0.2, 0.25) is 0 Å². The zero-order valence-corrected chi connectivity index (χ0v) is 12.9. The van der Waals surface area contributed by atoms with E-state index < -0.39 is 35.9 Å². The second kappa shape index (κ2) is 7.21. The summed E-state index contributed by atoms with van der Waals surface area (Å²) in [5, 5.41) is 4.92. The van der Waals surface area contributed by atoms with E-state index in [-0.39, 0.29) is 17.8 Å². The molecule has 126 valence electrons. The highest BCUT2D eigenvalue weighted by molar-refractivity contribution is 6.04. The van der Waals surface area contributed by atoms with Crippen molar-refractivity contribution in [1.29, 1.82) is 0 Å². The van der Waals surface area contributed by atoms with Crippen LogP contribution in [0.3, 0.4) is 0 Å². The lowest BCUT2D eigenvalue weighted by atomic mass is 9.84. The van der Waals surface area contributed by atoms with E-state index in [2.05, 4.69) is 25.3 Å². The first-order chi connectivity index (χ1) is 11.0. The van der Waals surface area contributed by atoms with Crippen LogP contribution in [-0.4, -0.2) is 54.1 Å². The smallest absolute Gasteiger partial charge is 0.308 e. The van der Waals surface area contributed by atoms with Crippen LogP contribution in [0.2, 0.25) is 0 Å². The van der Waals surface area contributed by atoms with Crippen LogP contribution in [0.1, 0.15) is 40.2 Å². The number of H-pyrrole nitrogens is 1. The molecular formula is C14H19FN4O4. The summed E-state index contributed by atoms with van der Waals surface area (Å²) in [5.74, 6) is -2.04. The predicted molar refractivity (Wildman–Crippen MR) is 77.5 cm³/mol. The van der Waals surface area contributed by atoms with E-state index in [1.807, 2.05) is 0 Å². The van der Waals surface area contributed by atoms with Gasteiger partial charge < -0.3 is 20.4 Å². The Labute approximate surface area is 132 Å². The largest absolute Gasteiger partial charge is 0.469 e. The Kier molecular flexibility index (Phi) is 5.30. The van der Waals surface area contributed by atoms with Gasteiger partial charge in [-0.15, -0.1) is 0 Å². The number of hydrogen-bond donors (Lipinski definition) is 3. The SMILES string of the molecule is CNC(=O)c1nc[nH]c1C(=O)N[C@@H]1CC[C@@H](C(=O)OC)C[C@@H]1F. The van der Waals surface area contributed by atoms with Crippen molar-refractivity contribution in [2.75, 3.05) is 14.2 Å². The van der Waals surface area contributed by atoms with E-state index in [9.17, 15) is 18.8 Å². The fraction of sp³-hybridized carbons (Fsp3) is 0.571. The van der Waals surface area contributed by atoms with E-state index in [0.29, 0.717) is 12.8 Å². The topological polar surface area (TPSA) is 113 Å². The van der Waals surface area contributed by atoms with Crippen molar-refractivity contribution in [2.24, 2.45) is 5.92 Å². The van der Waals surface area contributed by atoms with E-state index in [4.69, 9.17) is 0 Å². The highest BCUT2D eigenvalue weighted by Crippen LogP contribution is 2.28. The van der Waals surface area contributed by atoms with Crippen molar-refractivity contribution in [3.05, 3.63) is 17.7 Å². The number of nitrogens with zero attached hydrogens (tertiary/aromatic N) is 1. The monoisotopic (exact) mass is 326 g/mol. The molecule has 0 unspecified atom stereocenters. The molecule has 0 radical (unpaired) electrons. The molecule has 8 nitrogen and oxygen atoms in total. The van der Waals surface area contributed by atoms with Crippen LogP contribution in [-0.2, 0) is 9.53 Å². The molecule has 0 aromatic carbocycles. The maximum atomic E-state index is 14.2. The molecule has 0 aliphatic heterocycles. The summed E-state index contributed by atoms with van der Waals surface area (Å²) in [6.45, 7) is 0. The van der Waals surface area contributed by atoms with E-state index >= 15 is 0 Å². The molecular weight excluding hydrogens is 307 g/mol. The zero-order chi connectivity index (χ0) is 17.0. The van der Waals surface area contributed by atoms with Crippen LogP contribution < -0.4 is 10.6 Å². The van der Waals surface area contributed by atoms with Crippen LogP contribution >= 0.6 is 0 Å². The fourth-order valence-electron chi connectivity index (χ4n) is 2.66. The molecule has 2 rings (SSSR count). The van der Waals surface area contributed by atoms with E-state index in [1.54, 1.807) is 0 Å². The number of carbonyl (C=O) groups is 3. The van der Waals surface area contributed by atoms with Crippen molar-refractivity contribution >= 4 is 17.8 Å². The summed E-state index contributed by atoms with van der Waals surface area (Å²) in [7, 11) is 2.69. The third-order valence-corrected chi connectivity index (χ3v) is 3.93. The van der Waals surface area contributed by atoms with Gasteiger partial charge in [-0.2, -0.15) is 0 Å². The molecule has 23 heavy (non-hydrogen) atoms. The highest BCUT2D eigenvalue weighted by atomic mass is 19.1. The standard InChI is InChI=1S/C14H19FN4O4/c1-16-12(20)10-11(18-6-17-10)13(21)19-9-4-3-7(5-8(9)15)14(22)23-2/h6-9H,3-5H2,1-2H3,(H,16,20)(H,17,18)(H,19,21)/t7-,8+,9-/m1/s1. The van der Waals surface area contributed by atoms with E-state index in [1.165, 1.54) is 20.5 Å². The minimum absolute atomic E-state index is 0.00288. The quantitative estimate of drug-likeness (QED) is 0.683. The maximum Gasteiger partial charge on any atom is 0.308 e. The molecule has 2 amide bonds. The Morgan fingerprint density at radius 1 is 1.35 bits per heavy atom. The van der Waals surface area contributed by atoms with Crippen LogP contribution in [0.5, 0.6) is 0 Å². The number of halogens is 1. The molecule has 1 aromatic rings. The number of rotatable bonds is 4. The molecule has 1 aliphatic carbocycles. The van der Waals surface area contributed by atoms with Crippen LogP contribution in [0, 0.1) is 5.92 Å². The summed E-state index contributed by atoms with van der Waals surface area (Å²) >= 11 is 0. The Morgan fingerprint density at radius 3 is 2.70 bits per heavy atom. The summed E-state index contributed by atoms with van der Waals surface area (Å²) in [5.41, 5.74) is -0.0738. The van der Waals surface area contributed by atoms with Crippen molar-refractivity contribution in [2.45, 2.75) is 31.5 Å². The summed E-state index contributed by atoms with van der Waals surface area (Å²) in [6.07, 6.45) is 0.617. The molecule has 3 atom stereocenters. The number of aromatic amines is 1. The molecule has 1 fully saturated rings. The van der Waals surface area contributed by atoms with Crippen molar-refractivity contribution in [3.63, 3.8) is 0 Å².